The summed E-state index contributed by atoms with van der Waals surface area (Å²) in [5.74, 6) is -0.537. The highest BCUT2D eigenvalue weighted by Gasteiger charge is 2.54. The lowest BCUT2D eigenvalue weighted by molar-refractivity contribution is -0.151. The molecule has 1 amide bonds. The molecular weight excluding hydrogens is 242 g/mol. The Labute approximate surface area is 112 Å². The molecule has 1 heterocycles. The summed E-state index contributed by atoms with van der Waals surface area (Å²) >= 11 is 0. The van der Waals surface area contributed by atoms with E-state index in [-0.39, 0.29) is 23.7 Å². The number of carboxylic acids is 1. The van der Waals surface area contributed by atoms with Crippen LogP contribution in [0.1, 0.15) is 25.7 Å². The quantitative estimate of drug-likeness (QED) is 0.767. The molecule has 2 saturated carbocycles. The number of likely N-dealkylation sites (tertiary alicyclic amines) is 1. The van der Waals surface area contributed by atoms with E-state index in [4.69, 9.17) is 0 Å². The highest BCUT2D eigenvalue weighted by atomic mass is 16.4. The van der Waals surface area contributed by atoms with E-state index in [9.17, 15) is 14.7 Å². The van der Waals surface area contributed by atoms with Gasteiger partial charge < -0.3 is 10.0 Å². The third-order valence-electron chi connectivity index (χ3n) is 5.72. The fraction of sp³-hybridized carbons (Fsp3) is 0.733. The zero-order valence-corrected chi connectivity index (χ0v) is 10.9. The minimum Gasteiger partial charge on any atom is -0.481 e. The van der Waals surface area contributed by atoms with Crippen molar-refractivity contribution in [3.8, 4) is 0 Å². The molecular formula is C15H19NO3. The number of piperidine rings is 1. The summed E-state index contributed by atoms with van der Waals surface area (Å²) in [7, 11) is 0. The van der Waals surface area contributed by atoms with E-state index in [0.29, 0.717) is 12.0 Å². The molecule has 0 aromatic carbocycles. The highest BCUT2D eigenvalue weighted by molar-refractivity contribution is 5.87. The molecule has 4 aliphatic rings. The van der Waals surface area contributed by atoms with Crippen LogP contribution in [0.2, 0.25) is 0 Å². The van der Waals surface area contributed by atoms with Gasteiger partial charge in [-0.25, -0.2) is 0 Å². The molecule has 4 nitrogen and oxygen atoms in total. The van der Waals surface area contributed by atoms with Gasteiger partial charge in [-0.15, -0.1) is 0 Å². The second-order valence-electron chi connectivity index (χ2n) is 6.66. The molecule has 0 spiro atoms. The number of amides is 1. The molecule has 1 N–H and O–H groups in total. The molecule has 3 aliphatic carbocycles. The zero-order valence-electron chi connectivity index (χ0n) is 10.9. The summed E-state index contributed by atoms with van der Waals surface area (Å²) in [4.78, 5) is 26.3. The number of nitrogens with zero attached hydrogens (tertiary/aromatic N) is 1. The number of carbonyl (C=O) groups excluding carboxylic acids is 1. The van der Waals surface area contributed by atoms with Crippen LogP contribution in [0.3, 0.4) is 0 Å². The van der Waals surface area contributed by atoms with Gasteiger partial charge >= 0.3 is 5.97 Å². The Kier molecular flexibility index (Phi) is 2.32. The van der Waals surface area contributed by atoms with Gasteiger partial charge in [0.15, 0.2) is 0 Å². The number of hydrogen-bond acceptors (Lipinski definition) is 2. The molecule has 0 radical (unpaired) electrons. The topological polar surface area (TPSA) is 57.6 Å². The van der Waals surface area contributed by atoms with E-state index in [1.807, 2.05) is 11.0 Å². The first-order chi connectivity index (χ1) is 9.15. The van der Waals surface area contributed by atoms with Gasteiger partial charge in [0.1, 0.15) is 0 Å². The largest absolute Gasteiger partial charge is 0.481 e. The minimum absolute atomic E-state index is 0.0799. The van der Waals surface area contributed by atoms with Gasteiger partial charge in [-0.1, -0.05) is 12.2 Å². The van der Waals surface area contributed by atoms with Crippen LogP contribution in [-0.4, -0.2) is 34.5 Å². The monoisotopic (exact) mass is 261 g/mol. The average Bonchev–Trinajstić information content (AvgIpc) is 3.14. The first-order valence-corrected chi connectivity index (χ1v) is 7.36. The molecule has 4 rings (SSSR count). The normalized spacial score (nSPS) is 46.2. The van der Waals surface area contributed by atoms with Crippen molar-refractivity contribution in [1.29, 1.82) is 0 Å². The second-order valence-corrected chi connectivity index (χ2v) is 6.66. The number of allylic oxidation sites excluding steroid dienone is 2. The molecule has 1 aliphatic heterocycles. The SMILES string of the molecule is O=C(O)C1C2C=CC(C2)C1C(=O)N1CC2CCC1C2. The van der Waals surface area contributed by atoms with Gasteiger partial charge in [-0.3, -0.25) is 9.59 Å². The number of hydrogen-bond donors (Lipinski definition) is 1. The average molecular weight is 261 g/mol. The van der Waals surface area contributed by atoms with Crippen LogP contribution in [-0.2, 0) is 9.59 Å². The predicted octanol–water partition coefficient (Wildman–Crippen LogP) is 1.52. The van der Waals surface area contributed by atoms with Gasteiger partial charge in [0, 0.05) is 12.6 Å². The van der Waals surface area contributed by atoms with Crippen LogP contribution in [0.4, 0.5) is 0 Å². The van der Waals surface area contributed by atoms with Crippen molar-refractivity contribution in [2.45, 2.75) is 31.7 Å². The van der Waals surface area contributed by atoms with Crippen molar-refractivity contribution in [2.24, 2.45) is 29.6 Å². The number of carboxylic acid groups (broad SMARTS) is 1. The van der Waals surface area contributed by atoms with E-state index in [1.54, 1.807) is 0 Å². The van der Waals surface area contributed by atoms with Crippen LogP contribution in [0.15, 0.2) is 12.2 Å². The number of aliphatic carboxylic acids is 1. The maximum absolute atomic E-state index is 12.8. The lowest BCUT2D eigenvalue weighted by Crippen LogP contribution is -2.46. The Morgan fingerprint density at radius 1 is 1.05 bits per heavy atom. The molecule has 3 fully saturated rings. The van der Waals surface area contributed by atoms with Crippen molar-refractivity contribution in [3.05, 3.63) is 12.2 Å². The van der Waals surface area contributed by atoms with Gasteiger partial charge in [-0.2, -0.15) is 0 Å². The number of rotatable bonds is 2. The Balaban J connectivity index is 1.59. The van der Waals surface area contributed by atoms with E-state index in [2.05, 4.69) is 6.08 Å². The van der Waals surface area contributed by atoms with Crippen LogP contribution in [0, 0.1) is 29.6 Å². The van der Waals surface area contributed by atoms with Crippen molar-refractivity contribution in [2.75, 3.05) is 6.54 Å². The first kappa shape index (κ1) is 11.5. The third-order valence-corrected chi connectivity index (χ3v) is 5.72. The molecule has 19 heavy (non-hydrogen) atoms. The van der Waals surface area contributed by atoms with Gasteiger partial charge in [0.25, 0.3) is 0 Å². The van der Waals surface area contributed by atoms with Crippen LogP contribution >= 0.6 is 0 Å². The van der Waals surface area contributed by atoms with Crippen molar-refractivity contribution in [3.63, 3.8) is 0 Å². The van der Waals surface area contributed by atoms with E-state index >= 15 is 0 Å². The standard InChI is InChI=1S/C15H19NO3/c17-14(16-7-8-1-4-11(16)5-8)12-9-2-3-10(6-9)13(12)15(18)19/h2-3,8-13H,1,4-7H2,(H,18,19). The molecule has 4 bridgehead atoms. The Morgan fingerprint density at radius 2 is 1.79 bits per heavy atom. The van der Waals surface area contributed by atoms with Crippen molar-refractivity contribution < 1.29 is 14.7 Å². The van der Waals surface area contributed by atoms with Crippen LogP contribution in [0.25, 0.3) is 0 Å². The predicted molar refractivity (Wildman–Crippen MR) is 68.2 cm³/mol. The van der Waals surface area contributed by atoms with Crippen molar-refractivity contribution >= 4 is 11.9 Å². The van der Waals surface area contributed by atoms with Crippen molar-refractivity contribution in [1.82, 2.24) is 4.90 Å². The fourth-order valence-electron chi connectivity index (χ4n) is 4.88. The first-order valence-electron chi connectivity index (χ1n) is 7.36. The Bertz CT molecular complexity index is 472. The fourth-order valence-corrected chi connectivity index (χ4v) is 4.88. The molecule has 6 atom stereocenters. The summed E-state index contributed by atoms with van der Waals surface area (Å²) in [5.41, 5.74) is 0. The molecule has 0 aromatic heterocycles. The maximum atomic E-state index is 12.8. The van der Waals surface area contributed by atoms with E-state index in [1.165, 1.54) is 6.42 Å². The number of fused-ring (bicyclic) bond motifs is 4. The number of carbonyl (C=O) groups is 2. The second kappa shape index (κ2) is 3.84. The summed E-state index contributed by atoms with van der Waals surface area (Å²) in [6.45, 7) is 0.868. The minimum atomic E-state index is -0.792. The third kappa shape index (κ3) is 1.52. The van der Waals surface area contributed by atoms with Gasteiger partial charge in [0.05, 0.1) is 11.8 Å². The molecule has 102 valence electrons. The van der Waals surface area contributed by atoms with E-state index < -0.39 is 11.9 Å². The Hall–Kier alpha value is -1.32. The molecule has 1 saturated heterocycles. The lowest BCUT2D eigenvalue weighted by atomic mass is 9.82. The van der Waals surface area contributed by atoms with Gasteiger partial charge in [0.2, 0.25) is 5.91 Å². The summed E-state index contributed by atoms with van der Waals surface area (Å²) in [6, 6.07) is 0.398. The van der Waals surface area contributed by atoms with Gasteiger partial charge in [-0.05, 0) is 43.4 Å². The molecule has 0 aromatic rings. The summed E-state index contributed by atoms with van der Waals surface area (Å²) in [6.07, 6.45) is 8.43. The van der Waals surface area contributed by atoms with E-state index in [0.717, 1.165) is 25.8 Å². The lowest BCUT2D eigenvalue weighted by Gasteiger charge is -2.33. The zero-order chi connectivity index (χ0) is 13.1. The summed E-state index contributed by atoms with van der Waals surface area (Å²) in [5, 5.41) is 9.42. The highest BCUT2D eigenvalue weighted by Crippen LogP contribution is 2.50. The van der Waals surface area contributed by atoms with Crippen LogP contribution in [0.5, 0.6) is 0 Å². The molecule has 6 unspecified atom stereocenters. The van der Waals surface area contributed by atoms with Crippen LogP contribution < -0.4 is 0 Å². The maximum Gasteiger partial charge on any atom is 0.307 e. The summed E-state index contributed by atoms with van der Waals surface area (Å²) < 4.78 is 0. The Morgan fingerprint density at radius 3 is 2.37 bits per heavy atom. The smallest absolute Gasteiger partial charge is 0.307 e. The molecule has 4 heteroatoms.